The van der Waals surface area contributed by atoms with Crippen LogP contribution in [0.4, 0.5) is 5.95 Å². The molecule has 0 atom stereocenters. The van der Waals surface area contributed by atoms with Gasteiger partial charge in [-0.25, -0.2) is 0 Å². The number of thioether (sulfide) groups is 1. The predicted molar refractivity (Wildman–Crippen MR) is 79.4 cm³/mol. The van der Waals surface area contributed by atoms with Crippen molar-refractivity contribution in [3.05, 3.63) is 0 Å². The quantitative estimate of drug-likeness (QED) is 0.842. The Hall–Kier alpha value is -1.24. The second-order valence-electron chi connectivity index (χ2n) is 5.33. The van der Waals surface area contributed by atoms with Crippen molar-refractivity contribution in [3.63, 3.8) is 0 Å². The van der Waals surface area contributed by atoms with Gasteiger partial charge in [0.15, 0.2) is 5.16 Å². The molecule has 1 N–H and O–H groups in total. The summed E-state index contributed by atoms with van der Waals surface area (Å²) in [6, 6.07) is 0.222. The van der Waals surface area contributed by atoms with Crippen molar-refractivity contribution in [2.75, 3.05) is 23.7 Å². The lowest BCUT2D eigenvalue weighted by Gasteiger charge is -2.23. The summed E-state index contributed by atoms with van der Waals surface area (Å²) in [5.41, 5.74) is 0. The highest BCUT2D eigenvalue weighted by molar-refractivity contribution is 7.99. The fourth-order valence-corrected chi connectivity index (χ4v) is 3.21. The molecule has 0 unspecified atom stereocenters. The largest absolute Gasteiger partial charge is 0.481 e. The molecule has 112 valence electrons. The standard InChI is InChI=1S/C13H22N4O2S/c1-10(2)17-12(16-7-5-3-4-6-8-16)14-15-13(17)20-9-11(18)19/h10H,3-9H2,1-2H3,(H,18,19). The number of anilines is 1. The van der Waals surface area contributed by atoms with Crippen LogP contribution in [-0.4, -0.2) is 44.7 Å². The van der Waals surface area contributed by atoms with E-state index in [0.29, 0.717) is 5.16 Å². The first-order valence-electron chi connectivity index (χ1n) is 7.14. The molecule has 0 amide bonds. The van der Waals surface area contributed by atoms with E-state index in [0.717, 1.165) is 19.0 Å². The van der Waals surface area contributed by atoms with Crippen LogP contribution in [-0.2, 0) is 4.79 Å². The van der Waals surface area contributed by atoms with Gasteiger partial charge in [0.2, 0.25) is 5.95 Å². The van der Waals surface area contributed by atoms with E-state index in [1.54, 1.807) is 0 Å². The molecule has 1 aromatic heterocycles. The Morgan fingerprint density at radius 2 is 1.90 bits per heavy atom. The zero-order valence-electron chi connectivity index (χ0n) is 12.1. The summed E-state index contributed by atoms with van der Waals surface area (Å²) < 4.78 is 2.05. The molecule has 0 bridgehead atoms. The number of carboxylic acids is 1. The van der Waals surface area contributed by atoms with E-state index >= 15 is 0 Å². The van der Waals surface area contributed by atoms with Crippen molar-refractivity contribution in [2.45, 2.75) is 50.7 Å². The van der Waals surface area contributed by atoms with Gasteiger partial charge in [-0.15, -0.1) is 10.2 Å². The van der Waals surface area contributed by atoms with Crippen LogP contribution in [0.5, 0.6) is 0 Å². The van der Waals surface area contributed by atoms with Crippen molar-refractivity contribution in [1.29, 1.82) is 0 Å². The Bertz CT molecular complexity index is 453. The molecule has 1 saturated heterocycles. The third-order valence-electron chi connectivity index (χ3n) is 3.38. The summed E-state index contributed by atoms with van der Waals surface area (Å²) in [7, 11) is 0. The minimum absolute atomic E-state index is 0.0187. The van der Waals surface area contributed by atoms with Crippen molar-refractivity contribution in [2.24, 2.45) is 0 Å². The number of aromatic nitrogens is 3. The van der Waals surface area contributed by atoms with Crippen LogP contribution in [0.3, 0.4) is 0 Å². The maximum atomic E-state index is 10.7. The fourth-order valence-electron chi connectivity index (χ4n) is 2.43. The molecular weight excluding hydrogens is 276 g/mol. The van der Waals surface area contributed by atoms with Crippen LogP contribution in [0, 0.1) is 0 Å². The van der Waals surface area contributed by atoms with Gasteiger partial charge in [-0.05, 0) is 26.7 Å². The molecule has 20 heavy (non-hydrogen) atoms. The van der Waals surface area contributed by atoms with Gasteiger partial charge in [-0.2, -0.15) is 0 Å². The van der Waals surface area contributed by atoms with Crippen LogP contribution >= 0.6 is 11.8 Å². The third kappa shape index (κ3) is 3.65. The summed E-state index contributed by atoms with van der Waals surface area (Å²) in [4.78, 5) is 13.0. The Labute approximate surface area is 123 Å². The van der Waals surface area contributed by atoms with E-state index in [2.05, 4.69) is 33.5 Å². The minimum Gasteiger partial charge on any atom is -0.481 e. The molecule has 0 saturated carbocycles. The maximum absolute atomic E-state index is 10.7. The van der Waals surface area contributed by atoms with Crippen LogP contribution in [0.15, 0.2) is 5.16 Å². The van der Waals surface area contributed by atoms with E-state index in [9.17, 15) is 4.79 Å². The number of carbonyl (C=O) groups is 1. The van der Waals surface area contributed by atoms with Crippen molar-refractivity contribution >= 4 is 23.7 Å². The number of aliphatic carboxylic acids is 1. The van der Waals surface area contributed by atoms with Gasteiger partial charge >= 0.3 is 5.97 Å². The van der Waals surface area contributed by atoms with E-state index in [1.807, 2.05) is 0 Å². The fraction of sp³-hybridized carbons (Fsp3) is 0.769. The van der Waals surface area contributed by atoms with Gasteiger partial charge in [-0.1, -0.05) is 24.6 Å². The molecule has 1 aromatic rings. The normalized spacial score (nSPS) is 16.4. The van der Waals surface area contributed by atoms with Gasteiger partial charge in [-0.3, -0.25) is 9.36 Å². The number of nitrogens with zero attached hydrogens (tertiary/aromatic N) is 4. The minimum atomic E-state index is -0.829. The van der Waals surface area contributed by atoms with E-state index in [4.69, 9.17) is 5.11 Å². The highest BCUT2D eigenvalue weighted by Gasteiger charge is 2.21. The van der Waals surface area contributed by atoms with E-state index in [1.165, 1.54) is 37.4 Å². The molecular formula is C13H22N4O2S. The van der Waals surface area contributed by atoms with Gasteiger partial charge < -0.3 is 10.0 Å². The number of rotatable bonds is 5. The molecule has 0 aromatic carbocycles. The topological polar surface area (TPSA) is 71.2 Å². The Balaban J connectivity index is 2.21. The van der Waals surface area contributed by atoms with Gasteiger partial charge in [0.1, 0.15) is 0 Å². The SMILES string of the molecule is CC(C)n1c(SCC(=O)O)nnc1N1CCCCCC1. The average molecular weight is 298 g/mol. The summed E-state index contributed by atoms with van der Waals surface area (Å²) in [5, 5.41) is 18.0. The zero-order chi connectivity index (χ0) is 14.5. The van der Waals surface area contributed by atoms with Gasteiger partial charge in [0.25, 0.3) is 0 Å². The smallest absolute Gasteiger partial charge is 0.313 e. The van der Waals surface area contributed by atoms with Gasteiger partial charge in [0.05, 0.1) is 5.75 Å². The van der Waals surface area contributed by atoms with E-state index < -0.39 is 5.97 Å². The lowest BCUT2D eigenvalue weighted by atomic mass is 10.2. The van der Waals surface area contributed by atoms with Crippen LogP contribution in [0.2, 0.25) is 0 Å². The van der Waals surface area contributed by atoms with Crippen LogP contribution < -0.4 is 4.90 Å². The summed E-state index contributed by atoms with van der Waals surface area (Å²) in [6.45, 7) is 6.17. The Morgan fingerprint density at radius 3 is 2.45 bits per heavy atom. The molecule has 1 aliphatic heterocycles. The second-order valence-corrected chi connectivity index (χ2v) is 6.27. The number of carboxylic acid groups (broad SMARTS) is 1. The number of hydrogen-bond donors (Lipinski definition) is 1. The van der Waals surface area contributed by atoms with E-state index in [-0.39, 0.29) is 11.8 Å². The molecule has 1 aliphatic rings. The van der Waals surface area contributed by atoms with Crippen molar-refractivity contribution in [1.82, 2.24) is 14.8 Å². The molecule has 0 spiro atoms. The highest BCUT2D eigenvalue weighted by atomic mass is 32.2. The molecule has 7 heteroatoms. The monoisotopic (exact) mass is 298 g/mol. The zero-order valence-corrected chi connectivity index (χ0v) is 12.9. The lowest BCUT2D eigenvalue weighted by Crippen LogP contribution is -2.28. The Kier molecular flexibility index (Phi) is 5.28. The molecule has 0 radical (unpaired) electrons. The third-order valence-corrected chi connectivity index (χ3v) is 4.30. The summed E-state index contributed by atoms with van der Waals surface area (Å²) in [5.74, 6) is 0.0737. The Morgan fingerprint density at radius 1 is 1.25 bits per heavy atom. The first kappa shape index (κ1) is 15.2. The first-order chi connectivity index (χ1) is 9.59. The maximum Gasteiger partial charge on any atom is 0.313 e. The average Bonchev–Trinajstić information content (AvgIpc) is 2.63. The molecule has 2 rings (SSSR count). The van der Waals surface area contributed by atoms with Crippen LogP contribution in [0.1, 0.15) is 45.6 Å². The van der Waals surface area contributed by atoms with Gasteiger partial charge in [0, 0.05) is 19.1 Å². The van der Waals surface area contributed by atoms with Crippen molar-refractivity contribution in [3.8, 4) is 0 Å². The predicted octanol–water partition coefficient (Wildman–Crippen LogP) is 2.42. The lowest BCUT2D eigenvalue weighted by molar-refractivity contribution is -0.133. The molecule has 2 heterocycles. The summed E-state index contributed by atoms with van der Waals surface area (Å²) >= 11 is 1.24. The molecule has 0 aliphatic carbocycles. The first-order valence-corrected chi connectivity index (χ1v) is 8.12. The molecule has 6 nitrogen and oxygen atoms in total. The second kappa shape index (κ2) is 6.97. The van der Waals surface area contributed by atoms with Crippen molar-refractivity contribution < 1.29 is 9.90 Å². The number of hydrogen-bond acceptors (Lipinski definition) is 5. The highest BCUT2D eigenvalue weighted by Crippen LogP contribution is 2.27. The van der Waals surface area contributed by atoms with Crippen LogP contribution in [0.25, 0.3) is 0 Å². The molecule has 1 fully saturated rings. The summed E-state index contributed by atoms with van der Waals surface area (Å²) in [6.07, 6.45) is 4.91.